The molecule has 1 aromatic carbocycles. The van der Waals surface area contributed by atoms with Gasteiger partial charge in [-0.25, -0.2) is 4.98 Å². The van der Waals surface area contributed by atoms with Crippen LogP contribution in [0, 0.1) is 6.92 Å². The van der Waals surface area contributed by atoms with Gasteiger partial charge in [-0.15, -0.1) is 0 Å². The highest BCUT2D eigenvalue weighted by Crippen LogP contribution is 2.29. The van der Waals surface area contributed by atoms with E-state index in [0.29, 0.717) is 30.3 Å². The summed E-state index contributed by atoms with van der Waals surface area (Å²) in [6.07, 6.45) is 3.03. The van der Waals surface area contributed by atoms with Gasteiger partial charge in [-0.3, -0.25) is 14.0 Å². The molecule has 1 unspecified atom stereocenters. The summed E-state index contributed by atoms with van der Waals surface area (Å²) in [5, 5.41) is 3.90. The van der Waals surface area contributed by atoms with E-state index in [1.807, 2.05) is 43.3 Å². The van der Waals surface area contributed by atoms with Gasteiger partial charge in [0.25, 0.3) is 11.5 Å². The monoisotopic (exact) mass is 382 g/mol. The molecule has 0 bridgehead atoms. The van der Waals surface area contributed by atoms with Gasteiger partial charge in [-0.1, -0.05) is 29.8 Å². The lowest BCUT2D eigenvalue weighted by Gasteiger charge is -2.36. The quantitative estimate of drug-likeness (QED) is 0.739. The number of rotatable bonds is 2. The molecular formula is C20H19ClN4O2. The van der Waals surface area contributed by atoms with Crippen molar-refractivity contribution in [1.82, 2.24) is 19.6 Å². The first-order valence-electron chi connectivity index (χ1n) is 8.80. The van der Waals surface area contributed by atoms with Gasteiger partial charge in [0, 0.05) is 37.1 Å². The number of aromatic nitrogens is 2. The highest BCUT2D eigenvalue weighted by atomic mass is 35.5. The lowest BCUT2D eigenvalue weighted by atomic mass is 10.0. The predicted octanol–water partition coefficient (Wildman–Crippen LogP) is 2.44. The van der Waals surface area contributed by atoms with E-state index in [1.165, 1.54) is 10.6 Å². The third-order valence-electron chi connectivity index (χ3n) is 4.86. The van der Waals surface area contributed by atoms with Crippen LogP contribution in [0.15, 0.2) is 53.6 Å². The van der Waals surface area contributed by atoms with Crippen molar-refractivity contribution < 1.29 is 4.79 Å². The number of nitrogens with zero attached hydrogens (tertiary/aromatic N) is 3. The Hall–Kier alpha value is -2.70. The second-order valence-corrected chi connectivity index (χ2v) is 7.06. The minimum atomic E-state index is -0.360. The van der Waals surface area contributed by atoms with Crippen molar-refractivity contribution in [3.8, 4) is 0 Å². The zero-order chi connectivity index (χ0) is 19.0. The zero-order valence-electron chi connectivity index (χ0n) is 14.9. The summed E-state index contributed by atoms with van der Waals surface area (Å²) in [6.45, 7) is 3.66. The van der Waals surface area contributed by atoms with Crippen LogP contribution in [-0.2, 0) is 0 Å². The molecule has 1 N–H and O–H groups in total. The molecule has 3 heterocycles. The van der Waals surface area contributed by atoms with Gasteiger partial charge < -0.3 is 10.2 Å². The number of nitrogens with one attached hydrogen (secondary N) is 1. The Kier molecular flexibility index (Phi) is 4.68. The SMILES string of the molecule is Cc1ccn2c(=O)c(C(=O)N3CCNCC3c3ccccc3Cl)cnc2c1. The number of pyridine rings is 1. The van der Waals surface area contributed by atoms with Gasteiger partial charge in [0.15, 0.2) is 0 Å². The second kappa shape index (κ2) is 7.13. The standard InChI is InChI=1S/C20H19ClN4O2/c1-13-6-8-25-18(10-13)23-11-15(20(25)27)19(26)24-9-7-22-12-17(24)14-4-2-3-5-16(14)21/h2-6,8,10-11,17,22H,7,9,12H2,1H3. The topological polar surface area (TPSA) is 66.7 Å². The fraction of sp³-hybridized carbons (Fsp3) is 0.250. The molecular weight excluding hydrogens is 364 g/mol. The number of benzene rings is 1. The third-order valence-corrected chi connectivity index (χ3v) is 5.21. The van der Waals surface area contributed by atoms with Gasteiger partial charge in [0.2, 0.25) is 0 Å². The Labute approximate surface area is 161 Å². The summed E-state index contributed by atoms with van der Waals surface area (Å²) in [5.41, 5.74) is 2.10. The average molecular weight is 383 g/mol. The van der Waals surface area contributed by atoms with Gasteiger partial charge >= 0.3 is 0 Å². The Morgan fingerprint density at radius 3 is 2.93 bits per heavy atom. The molecule has 1 amide bonds. The molecule has 1 atom stereocenters. The fourth-order valence-electron chi connectivity index (χ4n) is 3.45. The maximum atomic E-state index is 13.2. The summed E-state index contributed by atoms with van der Waals surface area (Å²) < 4.78 is 1.41. The molecule has 6 nitrogen and oxygen atoms in total. The van der Waals surface area contributed by atoms with Crippen molar-refractivity contribution in [2.45, 2.75) is 13.0 Å². The van der Waals surface area contributed by atoms with Crippen LogP contribution in [-0.4, -0.2) is 39.8 Å². The van der Waals surface area contributed by atoms with Crippen LogP contribution in [0.2, 0.25) is 5.02 Å². The van der Waals surface area contributed by atoms with E-state index >= 15 is 0 Å². The van der Waals surface area contributed by atoms with Crippen LogP contribution in [0.1, 0.15) is 27.5 Å². The van der Waals surface area contributed by atoms with Crippen molar-refractivity contribution >= 4 is 23.2 Å². The van der Waals surface area contributed by atoms with Crippen molar-refractivity contribution in [2.75, 3.05) is 19.6 Å². The van der Waals surface area contributed by atoms with E-state index in [4.69, 9.17) is 11.6 Å². The minimum absolute atomic E-state index is 0.0651. The van der Waals surface area contributed by atoms with E-state index in [9.17, 15) is 9.59 Å². The van der Waals surface area contributed by atoms with Crippen LogP contribution < -0.4 is 10.9 Å². The van der Waals surface area contributed by atoms with E-state index in [2.05, 4.69) is 10.3 Å². The largest absolute Gasteiger partial charge is 0.329 e. The molecule has 3 aromatic rings. The number of aryl methyl sites for hydroxylation is 1. The van der Waals surface area contributed by atoms with Crippen molar-refractivity contribution in [3.05, 3.63) is 80.9 Å². The van der Waals surface area contributed by atoms with Crippen LogP contribution >= 0.6 is 11.6 Å². The molecule has 7 heteroatoms. The Balaban J connectivity index is 1.75. The highest BCUT2D eigenvalue weighted by Gasteiger charge is 2.31. The van der Waals surface area contributed by atoms with Crippen LogP contribution in [0.4, 0.5) is 0 Å². The van der Waals surface area contributed by atoms with Gasteiger partial charge in [0.05, 0.1) is 6.04 Å². The second-order valence-electron chi connectivity index (χ2n) is 6.65. The van der Waals surface area contributed by atoms with Crippen LogP contribution in [0.25, 0.3) is 5.65 Å². The summed E-state index contributed by atoms with van der Waals surface area (Å²) in [4.78, 5) is 32.1. The number of carbonyl (C=O) groups excluding carboxylic acids is 1. The minimum Gasteiger partial charge on any atom is -0.329 e. The number of hydrogen-bond donors (Lipinski definition) is 1. The van der Waals surface area contributed by atoms with Crippen LogP contribution in [0.3, 0.4) is 0 Å². The highest BCUT2D eigenvalue weighted by molar-refractivity contribution is 6.31. The van der Waals surface area contributed by atoms with E-state index < -0.39 is 0 Å². The molecule has 0 aliphatic carbocycles. The Bertz CT molecular complexity index is 1080. The Morgan fingerprint density at radius 2 is 2.11 bits per heavy atom. The van der Waals surface area contributed by atoms with E-state index in [1.54, 1.807) is 11.1 Å². The number of fused-ring (bicyclic) bond motifs is 1. The molecule has 2 aromatic heterocycles. The fourth-order valence-corrected chi connectivity index (χ4v) is 3.71. The molecule has 0 saturated carbocycles. The normalized spacial score (nSPS) is 17.3. The van der Waals surface area contributed by atoms with Crippen molar-refractivity contribution in [3.63, 3.8) is 0 Å². The maximum absolute atomic E-state index is 13.2. The van der Waals surface area contributed by atoms with Crippen LogP contribution in [0.5, 0.6) is 0 Å². The van der Waals surface area contributed by atoms with E-state index in [-0.39, 0.29) is 23.1 Å². The third kappa shape index (κ3) is 3.22. The molecule has 138 valence electrons. The smallest absolute Gasteiger partial charge is 0.270 e. The van der Waals surface area contributed by atoms with Crippen molar-refractivity contribution in [1.29, 1.82) is 0 Å². The molecule has 4 rings (SSSR count). The van der Waals surface area contributed by atoms with Gasteiger partial charge in [-0.05, 0) is 36.2 Å². The molecule has 0 radical (unpaired) electrons. The molecule has 0 spiro atoms. The molecule has 1 aliphatic rings. The molecule has 1 fully saturated rings. The lowest BCUT2D eigenvalue weighted by Crippen LogP contribution is -2.49. The summed E-state index contributed by atoms with van der Waals surface area (Å²) in [7, 11) is 0. The zero-order valence-corrected chi connectivity index (χ0v) is 15.6. The summed E-state index contributed by atoms with van der Waals surface area (Å²) in [6, 6.07) is 10.9. The Morgan fingerprint density at radius 1 is 1.30 bits per heavy atom. The molecule has 1 saturated heterocycles. The number of piperazine rings is 1. The lowest BCUT2D eigenvalue weighted by molar-refractivity contribution is 0.0632. The first-order chi connectivity index (χ1) is 13.1. The maximum Gasteiger partial charge on any atom is 0.270 e. The summed E-state index contributed by atoms with van der Waals surface area (Å²) in [5.74, 6) is -0.325. The number of amides is 1. The molecule has 1 aliphatic heterocycles. The number of halogens is 1. The first-order valence-corrected chi connectivity index (χ1v) is 9.18. The van der Waals surface area contributed by atoms with Crippen molar-refractivity contribution in [2.24, 2.45) is 0 Å². The summed E-state index contributed by atoms with van der Waals surface area (Å²) >= 11 is 6.35. The van der Waals surface area contributed by atoms with Gasteiger partial charge in [0.1, 0.15) is 11.2 Å². The average Bonchev–Trinajstić information content (AvgIpc) is 2.68. The van der Waals surface area contributed by atoms with Gasteiger partial charge in [-0.2, -0.15) is 0 Å². The first kappa shape index (κ1) is 17.7. The number of hydrogen-bond acceptors (Lipinski definition) is 4. The molecule has 27 heavy (non-hydrogen) atoms. The number of carbonyl (C=O) groups is 1. The predicted molar refractivity (Wildman–Crippen MR) is 104 cm³/mol. The van der Waals surface area contributed by atoms with E-state index in [0.717, 1.165) is 11.1 Å².